The SMILES string of the molecule is Cc1conc1C(=O)NCc1ccccc1-n1c(=O)c2c(C)onc2c2c(Cl)cccc21. The number of nitrogens with one attached hydrogen (secondary N) is 1. The van der Waals surface area contributed by atoms with Gasteiger partial charge in [0, 0.05) is 17.5 Å². The van der Waals surface area contributed by atoms with E-state index in [2.05, 4.69) is 15.6 Å². The Hall–Kier alpha value is -3.91. The van der Waals surface area contributed by atoms with E-state index in [1.807, 2.05) is 24.3 Å². The van der Waals surface area contributed by atoms with Crippen molar-refractivity contribution in [1.82, 2.24) is 20.2 Å². The highest BCUT2D eigenvalue weighted by atomic mass is 35.5. The number of aromatic nitrogens is 3. The standard InChI is InChI=1S/C23H17ClN4O4/c1-12-11-31-26-20(12)22(29)25-10-14-6-3-4-8-16(14)28-17-9-5-7-15(24)19(17)21-18(23(28)30)13(2)32-27-21/h3-9,11H,10H2,1-2H3,(H,25,29). The Bertz CT molecular complexity index is 1560. The molecule has 3 aromatic heterocycles. The number of nitrogens with zero attached hydrogens (tertiary/aromatic N) is 3. The average molecular weight is 449 g/mol. The fourth-order valence-corrected chi connectivity index (χ4v) is 4.09. The average Bonchev–Trinajstić information content (AvgIpc) is 3.38. The van der Waals surface area contributed by atoms with Gasteiger partial charge in [0.1, 0.15) is 22.9 Å². The third-order valence-corrected chi connectivity index (χ3v) is 5.70. The fraction of sp³-hybridized carbons (Fsp3) is 0.130. The van der Waals surface area contributed by atoms with E-state index in [9.17, 15) is 9.59 Å². The van der Waals surface area contributed by atoms with Crippen LogP contribution in [0, 0.1) is 13.8 Å². The lowest BCUT2D eigenvalue weighted by molar-refractivity contribution is 0.0941. The summed E-state index contributed by atoms with van der Waals surface area (Å²) in [6.45, 7) is 3.61. The molecule has 9 heteroatoms. The molecule has 5 aromatic rings. The van der Waals surface area contributed by atoms with Gasteiger partial charge in [0.2, 0.25) is 0 Å². The van der Waals surface area contributed by atoms with Gasteiger partial charge in [-0.3, -0.25) is 14.2 Å². The second-order valence-corrected chi connectivity index (χ2v) is 7.80. The zero-order valence-corrected chi connectivity index (χ0v) is 17.9. The monoisotopic (exact) mass is 448 g/mol. The van der Waals surface area contributed by atoms with Gasteiger partial charge >= 0.3 is 0 Å². The Morgan fingerprint density at radius 1 is 1.09 bits per heavy atom. The number of halogens is 1. The van der Waals surface area contributed by atoms with Crippen LogP contribution in [0.3, 0.4) is 0 Å². The van der Waals surface area contributed by atoms with Crippen molar-refractivity contribution in [3.63, 3.8) is 0 Å². The van der Waals surface area contributed by atoms with Crippen LogP contribution in [-0.2, 0) is 6.54 Å². The zero-order valence-electron chi connectivity index (χ0n) is 17.2. The number of carbonyl (C=O) groups excluding carboxylic acids is 1. The minimum Gasteiger partial charge on any atom is -0.364 e. The van der Waals surface area contributed by atoms with Gasteiger partial charge in [-0.25, -0.2) is 0 Å². The molecule has 0 spiro atoms. The van der Waals surface area contributed by atoms with E-state index in [1.165, 1.54) is 6.26 Å². The summed E-state index contributed by atoms with van der Waals surface area (Å²) in [5, 5.41) is 12.1. The minimum absolute atomic E-state index is 0.177. The summed E-state index contributed by atoms with van der Waals surface area (Å²) < 4.78 is 11.7. The molecular weight excluding hydrogens is 432 g/mol. The van der Waals surface area contributed by atoms with Gasteiger partial charge in [0.15, 0.2) is 5.69 Å². The number of fused-ring (bicyclic) bond motifs is 3. The van der Waals surface area contributed by atoms with E-state index in [4.69, 9.17) is 20.6 Å². The summed E-state index contributed by atoms with van der Waals surface area (Å²) in [6.07, 6.45) is 1.41. The predicted octanol–water partition coefficient (Wildman–Crippen LogP) is 4.32. The van der Waals surface area contributed by atoms with Crippen LogP contribution < -0.4 is 10.9 Å². The molecule has 2 aromatic carbocycles. The summed E-state index contributed by atoms with van der Waals surface area (Å²) >= 11 is 6.50. The van der Waals surface area contributed by atoms with Crippen LogP contribution in [0.1, 0.15) is 27.4 Å². The molecule has 0 aliphatic rings. The molecule has 0 radical (unpaired) electrons. The van der Waals surface area contributed by atoms with Gasteiger partial charge in [-0.1, -0.05) is 46.2 Å². The van der Waals surface area contributed by atoms with Crippen LogP contribution in [0.25, 0.3) is 27.5 Å². The van der Waals surface area contributed by atoms with Crippen LogP contribution in [0.5, 0.6) is 0 Å². The molecule has 0 aliphatic carbocycles. The molecule has 1 amide bonds. The topological polar surface area (TPSA) is 103 Å². The lowest BCUT2D eigenvalue weighted by Crippen LogP contribution is -2.26. The van der Waals surface area contributed by atoms with E-state index in [0.717, 1.165) is 5.56 Å². The Kier molecular flexibility index (Phi) is 4.79. The fourth-order valence-electron chi connectivity index (χ4n) is 3.83. The van der Waals surface area contributed by atoms with Crippen LogP contribution in [0.4, 0.5) is 0 Å². The molecule has 0 saturated heterocycles. The lowest BCUT2D eigenvalue weighted by Gasteiger charge is -2.16. The van der Waals surface area contributed by atoms with Crippen molar-refractivity contribution in [3.8, 4) is 5.69 Å². The number of benzene rings is 2. The highest BCUT2D eigenvalue weighted by molar-refractivity contribution is 6.37. The van der Waals surface area contributed by atoms with E-state index < -0.39 is 0 Å². The summed E-state index contributed by atoms with van der Waals surface area (Å²) in [7, 11) is 0. The first-order valence-corrected chi connectivity index (χ1v) is 10.2. The van der Waals surface area contributed by atoms with Gasteiger partial charge in [-0.2, -0.15) is 0 Å². The smallest absolute Gasteiger partial charge is 0.274 e. The highest BCUT2D eigenvalue weighted by Crippen LogP contribution is 2.31. The molecule has 1 N–H and O–H groups in total. The number of hydrogen-bond acceptors (Lipinski definition) is 6. The molecule has 3 heterocycles. The van der Waals surface area contributed by atoms with Crippen LogP contribution in [0.15, 0.2) is 62.6 Å². The number of rotatable bonds is 4. The van der Waals surface area contributed by atoms with Crippen molar-refractivity contribution in [1.29, 1.82) is 0 Å². The van der Waals surface area contributed by atoms with Crippen molar-refractivity contribution in [2.75, 3.05) is 0 Å². The molecular formula is C23H17ClN4O4. The molecule has 0 unspecified atom stereocenters. The van der Waals surface area contributed by atoms with Crippen molar-refractivity contribution in [2.45, 2.75) is 20.4 Å². The maximum atomic E-state index is 13.6. The van der Waals surface area contributed by atoms with E-state index in [1.54, 1.807) is 36.6 Å². The Morgan fingerprint density at radius 3 is 2.69 bits per heavy atom. The second kappa shape index (κ2) is 7.65. The van der Waals surface area contributed by atoms with E-state index in [-0.39, 0.29) is 23.7 Å². The molecule has 0 saturated carbocycles. The highest BCUT2D eigenvalue weighted by Gasteiger charge is 2.21. The summed E-state index contributed by atoms with van der Waals surface area (Å²) in [4.78, 5) is 26.1. The number of carbonyl (C=O) groups is 1. The van der Waals surface area contributed by atoms with Crippen LogP contribution >= 0.6 is 11.6 Å². The molecule has 0 aliphatic heterocycles. The first-order chi connectivity index (χ1) is 15.5. The van der Waals surface area contributed by atoms with Gasteiger partial charge in [0.05, 0.1) is 16.2 Å². The normalized spacial score (nSPS) is 11.3. The Morgan fingerprint density at radius 2 is 1.91 bits per heavy atom. The third kappa shape index (κ3) is 3.07. The van der Waals surface area contributed by atoms with Crippen molar-refractivity contribution >= 4 is 39.3 Å². The predicted molar refractivity (Wildman–Crippen MR) is 119 cm³/mol. The maximum Gasteiger partial charge on any atom is 0.274 e. The van der Waals surface area contributed by atoms with Gasteiger partial charge in [-0.15, -0.1) is 0 Å². The number of aryl methyl sites for hydroxylation is 2. The second-order valence-electron chi connectivity index (χ2n) is 7.39. The van der Waals surface area contributed by atoms with E-state index >= 15 is 0 Å². The number of amides is 1. The summed E-state index contributed by atoms with van der Waals surface area (Å²) in [5.74, 6) is 0.0458. The number of pyridine rings is 1. The molecule has 0 atom stereocenters. The van der Waals surface area contributed by atoms with Crippen LogP contribution in [-0.4, -0.2) is 20.8 Å². The van der Waals surface area contributed by atoms with Gasteiger partial charge < -0.3 is 14.4 Å². The molecule has 0 fully saturated rings. The van der Waals surface area contributed by atoms with Crippen LogP contribution in [0.2, 0.25) is 5.02 Å². The molecule has 32 heavy (non-hydrogen) atoms. The maximum absolute atomic E-state index is 13.6. The Balaban J connectivity index is 1.68. The largest absolute Gasteiger partial charge is 0.364 e. The number of hydrogen-bond donors (Lipinski definition) is 1. The van der Waals surface area contributed by atoms with E-state index in [0.29, 0.717) is 43.8 Å². The third-order valence-electron chi connectivity index (χ3n) is 5.38. The Labute approximate surface area is 186 Å². The van der Waals surface area contributed by atoms with Crippen molar-refractivity contribution in [2.24, 2.45) is 0 Å². The van der Waals surface area contributed by atoms with Gasteiger partial charge in [0.25, 0.3) is 11.5 Å². The zero-order chi connectivity index (χ0) is 22.4. The first kappa shape index (κ1) is 20.0. The van der Waals surface area contributed by atoms with Crippen molar-refractivity contribution in [3.05, 3.63) is 86.7 Å². The van der Waals surface area contributed by atoms with Gasteiger partial charge in [-0.05, 0) is 37.6 Å². The minimum atomic E-state index is -0.364. The molecule has 5 rings (SSSR count). The quantitative estimate of drug-likeness (QED) is 0.439. The molecule has 160 valence electrons. The summed E-state index contributed by atoms with van der Waals surface area (Å²) in [5.41, 5.74) is 2.95. The molecule has 0 bridgehead atoms. The van der Waals surface area contributed by atoms with Crippen molar-refractivity contribution < 1.29 is 13.8 Å². The number of para-hydroxylation sites is 1. The molecule has 8 nitrogen and oxygen atoms in total. The lowest BCUT2D eigenvalue weighted by atomic mass is 10.1. The summed E-state index contributed by atoms with van der Waals surface area (Å²) in [6, 6.07) is 12.7. The first-order valence-electron chi connectivity index (χ1n) is 9.84.